The number of halogens is 1. The summed E-state index contributed by atoms with van der Waals surface area (Å²) >= 11 is 0. The monoisotopic (exact) mass is 442 g/mol. The lowest BCUT2D eigenvalue weighted by atomic mass is 10.1. The van der Waals surface area contributed by atoms with Crippen LogP contribution >= 0.6 is 0 Å². The van der Waals surface area contributed by atoms with E-state index >= 15 is 0 Å². The van der Waals surface area contributed by atoms with E-state index in [2.05, 4.69) is 73.7 Å². The van der Waals surface area contributed by atoms with Crippen LogP contribution < -0.4 is 4.90 Å². The molecule has 7 heteroatoms. The molecule has 1 saturated heterocycles. The third-order valence-electron chi connectivity index (χ3n) is 6.79. The Labute approximate surface area is 192 Å². The van der Waals surface area contributed by atoms with Crippen molar-refractivity contribution in [1.29, 1.82) is 0 Å². The van der Waals surface area contributed by atoms with Crippen LogP contribution in [0.2, 0.25) is 0 Å². The maximum Gasteiger partial charge on any atom is 0.185 e. The second-order valence-corrected chi connectivity index (χ2v) is 9.45. The molecule has 0 radical (unpaired) electrons. The van der Waals surface area contributed by atoms with Crippen LogP contribution in [0.25, 0.3) is 28.3 Å². The molecule has 6 rings (SSSR count). The van der Waals surface area contributed by atoms with Gasteiger partial charge in [0.2, 0.25) is 0 Å². The first-order chi connectivity index (χ1) is 16.0. The topological polar surface area (TPSA) is 42.1 Å². The van der Waals surface area contributed by atoms with Crippen LogP contribution in [0.1, 0.15) is 12.0 Å². The standard InChI is InChI=1S/C26H27FN6/c1-30(2)13-18-9-10-31(14-18)23-7-8-24-21(11-23)16-32-15-20(19-3-5-22(27)6-4-19)12-25(32)26-29-28-17-33(24)26/h3-8,11-12,15,17-18H,9-10,13-14,16H2,1-2H3/t18-/m1/s1. The summed E-state index contributed by atoms with van der Waals surface area (Å²) in [6.45, 7) is 4.07. The molecule has 0 saturated carbocycles. The Kier molecular flexibility index (Phi) is 4.80. The van der Waals surface area contributed by atoms with Crippen molar-refractivity contribution >= 4 is 5.69 Å². The lowest BCUT2D eigenvalue weighted by Gasteiger charge is -2.22. The molecule has 1 fully saturated rings. The van der Waals surface area contributed by atoms with E-state index in [4.69, 9.17) is 0 Å². The minimum Gasteiger partial charge on any atom is -0.371 e. The zero-order valence-electron chi connectivity index (χ0n) is 18.9. The highest BCUT2D eigenvalue weighted by Crippen LogP contribution is 2.35. The first-order valence-electron chi connectivity index (χ1n) is 11.4. The highest BCUT2D eigenvalue weighted by molar-refractivity contribution is 5.72. The molecule has 1 atom stereocenters. The molecule has 2 aliphatic rings. The summed E-state index contributed by atoms with van der Waals surface area (Å²) in [7, 11) is 4.30. The minimum atomic E-state index is -0.226. The van der Waals surface area contributed by atoms with Crippen molar-refractivity contribution < 1.29 is 4.39 Å². The molecule has 4 heterocycles. The quantitative estimate of drug-likeness (QED) is 0.416. The van der Waals surface area contributed by atoms with Crippen molar-refractivity contribution in [3.63, 3.8) is 0 Å². The summed E-state index contributed by atoms with van der Waals surface area (Å²) in [4.78, 5) is 4.79. The Bertz CT molecular complexity index is 1300. The summed E-state index contributed by atoms with van der Waals surface area (Å²) < 4.78 is 17.7. The van der Waals surface area contributed by atoms with E-state index in [0.29, 0.717) is 5.92 Å². The second kappa shape index (κ2) is 7.85. The number of hydrogen-bond acceptors (Lipinski definition) is 4. The molecule has 2 aromatic heterocycles. The van der Waals surface area contributed by atoms with E-state index in [1.807, 2.05) is 12.1 Å². The van der Waals surface area contributed by atoms with Crippen molar-refractivity contribution in [2.45, 2.75) is 13.0 Å². The van der Waals surface area contributed by atoms with Crippen LogP contribution in [0.3, 0.4) is 0 Å². The van der Waals surface area contributed by atoms with Gasteiger partial charge in [-0.2, -0.15) is 0 Å². The van der Waals surface area contributed by atoms with Gasteiger partial charge in [-0.3, -0.25) is 4.57 Å². The van der Waals surface area contributed by atoms with Crippen LogP contribution in [0.15, 0.2) is 61.1 Å². The average Bonchev–Trinajstić information content (AvgIpc) is 3.53. The van der Waals surface area contributed by atoms with Gasteiger partial charge in [0.05, 0.1) is 11.4 Å². The van der Waals surface area contributed by atoms with Gasteiger partial charge in [-0.1, -0.05) is 12.1 Å². The number of aromatic nitrogens is 4. The van der Waals surface area contributed by atoms with Gasteiger partial charge in [-0.05, 0) is 74.0 Å². The Balaban J connectivity index is 1.37. The van der Waals surface area contributed by atoms with Crippen LogP contribution in [0.5, 0.6) is 0 Å². The molecular weight excluding hydrogens is 415 g/mol. The smallest absolute Gasteiger partial charge is 0.185 e. The number of rotatable bonds is 4. The number of hydrogen-bond donors (Lipinski definition) is 0. The number of fused-ring (bicyclic) bond motifs is 5. The number of benzene rings is 2. The van der Waals surface area contributed by atoms with Crippen molar-refractivity contribution in [2.75, 3.05) is 38.6 Å². The van der Waals surface area contributed by atoms with Gasteiger partial charge in [0.1, 0.15) is 12.1 Å². The highest BCUT2D eigenvalue weighted by Gasteiger charge is 2.26. The molecule has 2 aromatic carbocycles. The Morgan fingerprint density at radius 3 is 2.73 bits per heavy atom. The third-order valence-corrected chi connectivity index (χ3v) is 6.79. The lowest BCUT2D eigenvalue weighted by Crippen LogP contribution is -2.25. The summed E-state index contributed by atoms with van der Waals surface area (Å²) in [5, 5.41) is 8.64. The van der Waals surface area contributed by atoms with Crippen molar-refractivity contribution in [3.05, 3.63) is 72.4 Å². The first-order valence-corrected chi connectivity index (χ1v) is 11.4. The molecule has 0 aliphatic carbocycles. The van der Waals surface area contributed by atoms with Gasteiger partial charge in [0.15, 0.2) is 5.82 Å². The Hall–Kier alpha value is -3.45. The predicted octanol–water partition coefficient (Wildman–Crippen LogP) is 4.29. The molecule has 0 spiro atoms. The zero-order valence-corrected chi connectivity index (χ0v) is 18.9. The third kappa shape index (κ3) is 3.62. The lowest BCUT2D eigenvalue weighted by molar-refractivity contribution is 0.340. The fourth-order valence-electron chi connectivity index (χ4n) is 5.26. The summed E-state index contributed by atoms with van der Waals surface area (Å²) in [6, 6.07) is 15.5. The molecule has 0 bridgehead atoms. The van der Waals surface area contributed by atoms with Crippen molar-refractivity contribution in [3.8, 4) is 28.3 Å². The number of nitrogens with zero attached hydrogens (tertiary/aromatic N) is 6. The average molecular weight is 443 g/mol. The van der Waals surface area contributed by atoms with Gasteiger partial charge in [0, 0.05) is 43.6 Å². The van der Waals surface area contributed by atoms with Crippen LogP contribution in [-0.4, -0.2) is 58.0 Å². The molecule has 6 nitrogen and oxygen atoms in total. The van der Waals surface area contributed by atoms with E-state index < -0.39 is 0 Å². The van der Waals surface area contributed by atoms with Gasteiger partial charge in [-0.15, -0.1) is 10.2 Å². The molecule has 2 aliphatic heterocycles. The fourth-order valence-corrected chi connectivity index (χ4v) is 5.26. The van der Waals surface area contributed by atoms with E-state index in [0.717, 1.165) is 54.5 Å². The fraction of sp³-hybridized carbons (Fsp3) is 0.308. The highest BCUT2D eigenvalue weighted by atomic mass is 19.1. The number of anilines is 1. The van der Waals surface area contributed by atoms with E-state index in [1.165, 1.54) is 29.8 Å². The summed E-state index contributed by atoms with van der Waals surface area (Å²) in [5.74, 6) is 1.30. The SMILES string of the molecule is CN(C)C[C@H]1CCN(c2ccc3c(c2)Cn2cc(-c4ccc(F)cc4)cc2-c2nncn2-3)C1. The Morgan fingerprint density at radius 2 is 1.91 bits per heavy atom. The zero-order chi connectivity index (χ0) is 22.5. The van der Waals surface area contributed by atoms with Gasteiger partial charge in [-0.25, -0.2) is 4.39 Å². The van der Waals surface area contributed by atoms with Gasteiger partial charge in [0.25, 0.3) is 0 Å². The second-order valence-electron chi connectivity index (χ2n) is 9.45. The molecule has 33 heavy (non-hydrogen) atoms. The summed E-state index contributed by atoms with van der Waals surface area (Å²) in [5.41, 5.74) is 6.68. The predicted molar refractivity (Wildman–Crippen MR) is 128 cm³/mol. The van der Waals surface area contributed by atoms with Crippen molar-refractivity contribution in [1.82, 2.24) is 24.2 Å². The van der Waals surface area contributed by atoms with Crippen LogP contribution in [0, 0.1) is 11.7 Å². The normalized spacial score (nSPS) is 17.1. The van der Waals surface area contributed by atoms with Gasteiger partial charge >= 0.3 is 0 Å². The van der Waals surface area contributed by atoms with E-state index in [-0.39, 0.29) is 5.82 Å². The maximum atomic E-state index is 13.4. The molecule has 0 amide bonds. The largest absolute Gasteiger partial charge is 0.371 e. The summed E-state index contributed by atoms with van der Waals surface area (Å²) in [6.07, 6.45) is 5.15. The molecular formula is C26H27FN6. The van der Waals surface area contributed by atoms with E-state index in [9.17, 15) is 4.39 Å². The van der Waals surface area contributed by atoms with Crippen molar-refractivity contribution in [2.24, 2.45) is 5.92 Å². The maximum absolute atomic E-state index is 13.4. The van der Waals surface area contributed by atoms with Crippen LogP contribution in [-0.2, 0) is 6.54 Å². The van der Waals surface area contributed by atoms with Gasteiger partial charge < -0.3 is 14.4 Å². The molecule has 4 aromatic rings. The molecule has 168 valence electrons. The molecule has 0 N–H and O–H groups in total. The van der Waals surface area contributed by atoms with Crippen LogP contribution in [0.4, 0.5) is 10.1 Å². The first kappa shape index (κ1) is 20.2. The van der Waals surface area contributed by atoms with E-state index in [1.54, 1.807) is 6.33 Å². The minimum absolute atomic E-state index is 0.226. The molecule has 0 unspecified atom stereocenters. The Morgan fingerprint density at radius 1 is 1.06 bits per heavy atom.